The average Bonchev–Trinajstić information content (AvgIpc) is 2.93. The van der Waals surface area contributed by atoms with Gasteiger partial charge in [-0.2, -0.15) is 0 Å². The first-order valence-electron chi connectivity index (χ1n) is 8.85. The topological polar surface area (TPSA) is 57.7 Å². The molecule has 1 aromatic rings. The number of thioether (sulfide) groups is 1. The summed E-state index contributed by atoms with van der Waals surface area (Å²) in [5.74, 6) is -0.00758. The number of carbonyl (C=O) groups is 3. The first-order valence-corrected chi connectivity index (χ1v) is 9.83. The lowest BCUT2D eigenvalue weighted by molar-refractivity contribution is -0.130. The Morgan fingerprint density at radius 2 is 1.96 bits per heavy atom. The number of hydrogen-bond donors (Lipinski definition) is 0. The smallest absolute Gasteiger partial charge is 0.247 e. The van der Waals surface area contributed by atoms with Crippen LogP contribution < -0.4 is 4.90 Å². The third-order valence-electron chi connectivity index (χ3n) is 4.61. The molecular formula is C20H24N2O3S. The first kappa shape index (κ1) is 18.7. The molecular weight excluding hydrogens is 348 g/mol. The van der Waals surface area contributed by atoms with Crippen LogP contribution in [-0.2, 0) is 20.8 Å². The number of nitrogens with zero attached hydrogens (tertiary/aromatic N) is 2. The van der Waals surface area contributed by atoms with Crippen molar-refractivity contribution in [2.24, 2.45) is 5.41 Å². The molecule has 2 aliphatic heterocycles. The van der Waals surface area contributed by atoms with E-state index in [1.54, 1.807) is 4.90 Å². The van der Waals surface area contributed by atoms with Crippen LogP contribution in [0.2, 0.25) is 0 Å². The third kappa shape index (κ3) is 3.85. The highest BCUT2D eigenvalue weighted by Gasteiger charge is 2.33. The number of rotatable bonds is 3. The minimum atomic E-state index is -0.513. The maximum atomic E-state index is 12.9. The summed E-state index contributed by atoms with van der Waals surface area (Å²) in [6.07, 6.45) is 3.38. The minimum Gasteiger partial charge on any atom is -0.311 e. The van der Waals surface area contributed by atoms with Crippen molar-refractivity contribution >= 4 is 35.0 Å². The molecule has 0 atom stereocenters. The maximum absolute atomic E-state index is 12.9. The van der Waals surface area contributed by atoms with Crippen LogP contribution in [-0.4, -0.2) is 41.3 Å². The zero-order chi connectivity index (χ0) is 18.9. The largest absolute Gasteiger partial charge is 0.311 e. The summed E-state index contributed by atoms with van der Waals surface area (Å²) in [5, 5.41) is 0.577. The predicted octanol–water partition coefficient (Wildman–Crippen LogP) is 3.00. The van der Waals surface area contributed by atoms with Crippen LogP contribution in [0.1, 0.15) is 32.8 Å². The molecule has 2 heterocycles. The van der Waals surface area contributed by atoms with Crippen molar-refractivity contribution in [1.82, 2.24) is 4.90 Å². The van der Waals surface area contributed by atoms with Crippen molar-refractivity contribution in [2.45, 2.75) is 33.6 Å². The first-order chi connectivity index (χ1) is 12.3. The molecule has 0 N–H and O–H groups in total. The normalized spacial score (nSPS) is 19.0. The lowest BCUT2D eigenvalue weighted by Crippen LogP contribution is -2.43. The summed E-state index contributed by atoms with van der Waals surface area (Å²) >= 11 is 1.32. The van der Waals surface area contributed by atoms with E-state index in [0.29, 0.717) is 11.6 Å². The zero-order valence-electron chi connectivity index (χ0n) is 15.4. The molecule has 1 fully saturated rings. The Kier molecular flexibility index (Phi) is 5.23. The highest BCUT2D eigenvalue weighted by atomic mass is 32.2. The number of benzene rings is 1. The fourth-order valence-electron chi connectivity index (χ4n) is 3.04. The van der Waals surface area contributed by atoms with Gasteiger partial charge in [0.1, 0.15) is 6.54 Å². The fraction of sp³-hybridized carbons (Fsp3) is 0.450. The molecule has 6 heteroatoms. The van der Waals surface area contributed by atoms with E-state index in [9.17, 15) is 14.4 Å². The molecule has 0 spiro atoms. The summed E-state index contributed by atoms with van der Waals surface area (Å²) in [6.45, 7) is 6.16. The fourth-order valence-corrected chi connectivity index (χ4v) is 3.98. The van der Waals surface area contributed by atoms with Gasteiger partial charge < -0.3 is 4.90 Å². The van der Waals surface area contributed by atoms with E-state index in [-0.39, 0.29) is 29.9 Å². The van der Waals surface area contributed by atoms with Crippen molar-refractivity contribution in [2.75, 3.05) is 23.7 Å². The lowest BCUT2D eigenvalue weighted by atomic mass is 9.91. The predicted molar refractivity (Wildman–Crippen MR) is 104 cm³/mol. The second-order valence-electron chi connectivity index (χ2n) is 7.64. The monoisotopic (exact) mass is 372 g/mol. The number of allylic oxidation sites excluding steroid dienone is 1. The van der Waals surface area contributed by atoms with Gasteiger partial charge in [0.05, 0.1) is 10.8 Å². The van der Waals surface area contributed by atoms with Crippen LogP contribution in [0.3, 0.4) is 0 Å². The van der Waals surface area contributed by atoms with E-state index in [1.807, 2.05) is 45.0 Å². The number of ketones is 1. The van der Waals surface area contributed by atoms with Gasteiger partial charge in [-0.1, -0.05) is 50.7 Å². The molecule has 0 aliphatic carbocycles. The Bertz CT molecular complexity index is 780. The van der Waals surface area contributed by atoms with Crippen molar-refractivity contribution in [3.05, 3.63) is 40.9 Å². The molecule has 5 nitrogen and oxygen atoms in total. The van der Waals surface area contributed by atoms with Gasteiger partial charge in [0.25, 0.3) is 0 Å². The second kappa shape index (κ2) is 7.27. The van der Waals surface area contributed by atoms with Gasteiger partial charge in [-0.05, 0) is 24.5 Å². The van der Waals surface area contributed by atoms with Crippen LogP contribution in [0.25, 0.3) is 0 Å². The van der Waals surface area contributed by atoms with Crippen LogP contribution in [0.4, 0.5) is 5.69 Å². The quantitative estimate of drug-likeness (QED) is 0.766. The van der Waals surface area contributed by atoms with Gasteiger partial charge >= 0.3 is 0 Å². The third-order valence-corrected chi connectivity index (χ3v) is 5.63. The number of fused-ring (bicyclic) bond motifs is 1. The van der Waals surface area contributed by atoms with Gasteiger partial charge in [0.2, 0.25) is 11.8 Å². The van der Waals surface area contributed by atoms with Crippen LogP contribution in [0.5, 0.6) is 0 Å². The molecule has 1 aromatic carbocycles. The molecule has 1 saturated heterocycles. The Labute approximate surface area is 158 Å². The molecule has 0 saturated carbocycles. The Balaban J connectivity index is 1.79. The van der Waals surface area contributed by atoms with E-state index in [4.69, 9.17) is 0 Å². The van der Waals surface area contributed by atoms with Gasteiger partial charge in [-0.15, -0.1) is 0 Å². The van der Waals surface area contributed by atoms with Crippen LogP contribution in [0, 0.1) is 5.41 Å². The van der Waals surface area contributed by atoms with Crippen molar-refractivity contribution in [3.63, 3.8) is 0 Å². The van der Waals surface area contributed by atoms with Gasteiger partial charge in [0, 0.05) is 23.7 Å². The Morgan fingerprint density at radius 3 is 2.69 bits per heavy atom. The maximum Gasteiger partial charge on any atom is 0.247 e. The lowest BCUT2D eigenvalue weighted by Gasteiger charge is -2.31. The number of aryl methyl sites for hydroxylation is 1. The molecule has 0 unspecified atom stereocenters. The molecule has 3 rings (SSSR count). The molecule has 0 bridgehead atoms. The highest BCUT2D eigenvalue weighted by molar-refractivity contribution is 8.04. The molecule has 0 aromatic heterocycles. The molecule has 26 heavy (non-hydrogen) atoms. The number of carbonyl (C=O) groups excluding carboxylic acids is 3. The SMILES string of the molecule is CC(C)(C)C(=O)/C=C1\SCC(=O)N1CC(=O)N1CCCc2ccccc21. The molecule has 2 amide bonds. The van der Waals surface area contributed by atoms with Gasteiger partial charge in [-0.3, -0.25) is 19.3 Å². The van der Waals surface area contributed by atoms with E-state index in [2.05, 4.69) is 0 Å². The zero-order valence-corrected chi connectivity index (χ0v) is 16.3. The summed E-state index contributed by atoms with van der Waals surface area (Å²) < 4.78 is 0. The molecule has 138 valence electrons. The average molecular weight is 372 g/mol. The summed E-state index contributed by atoms with van der Waals surface area (Å²) in [4.78, 5) is 40.7. The van der Waals surface area contributed by atoms with E-state index < -0.39 is 5.41 Å². The standard InChI is InChI=1S/C20H24N2O3S/c1-20(2,3)16(23)11-19-22(18(25)13-26-19)12-17(24)21-10-6-8-14-7-4-5-9-15(14)21/h4-5,7,9,11H,6,8,10,12-13H2,1-3H3/b19-11-. The van der Waals surface area contributed by atoms with Gasteiger partial charge in [0.15, 0.2) is 5.78 Å². The Hall–Kier alpha value is -2.08. The summed E-state index contributed by atoms with van der Waals surface area (Å²) in [5.41, 5.74) is 1.58. The summed E-state index contributed by atoms with van der Waals surface area (Å²) in [6, 6.07) is 7.90. The van der Waals surface area contributed by atoms with Crippen LogP contribution >= 0.6 is 11.8 Å². The minimum absolute atomic E-state index is 0.0244. The highest BCUT2D eigenvalue weighted by Crippen LogP contribution is 2.32. The number of para-hydroxylation sites is 1. The molecule has 0 radical (unpaired) electrons. The molecule has 2 aliphatic rings. The van der Waals surface area contributed by atoms with E-state index in [1.165, 1.54) is 22.7 Å². The second-order valence-corrected chi connectivity index (χ2v) is 8.64. The van der Waals surface area contributed by atoms with Crippen molar-refractivity contribution < 1.29 is 14.4 Å². The van der Waals surface area contributed by atoms with Crippen LogP contribution in [0.15, 0.2) is 35.4 Å². The number of anilines is 1. The van der Waals surface area contributed by atoms with Gasteiger partial charge in [-0.25, -0.2) is 0 Å². The van der Waals surface area contributed by atoms with E-state index in [0.717, 1.165) is 24.1 Å². The summed E-state index contributed by atoms with van der Waals surface area (Å²) in [7, 11) is 0. The van der Waals surface area contributed by atoms with Crippen molar-refractivity contribution in [1.29, 1.82) is 0 Å². The van der Waals surface area contributed by atoms with E-state index >= 15 is 0 Å². The van der Waals surface area contributed by atoms with Crippen molar-refractivity contribution in [3.8, 4) is 0 Å². The number of hydrogen-bond acceptors (Lipinski definition) is 4. The Morgan fingerprint density at radius 1 is 1.23 bits per heavy atom. The number of amides is 2.